The molecule has 0 bridgehead atoms. The lowest BCUT2D eigenvalue weighted by Gasteiger charge is -2.26. The topological polar surface area (TPSA) is 41.6 Å². The fourth-order valence-corrected chi connectivity index (χ4v) is 1.58. The van der Waals surface area contributed by atoms with Gasteiger partial charge in [-0.2, -0.15) is 0 Å². The van der Waals surface area contributed by atoms with Crippen LogP contribution in [0.4, 0.5) is 0 Å². The molecule has 3 heteroatoms. The molecule has 1 rings (SSSR count). The zero-order valence-corrected chi connectivity index (χ0v) is 7.38. The van der Waals surface area contributed by atoms with E-state index in [1.54, 1.807) is 0 Å². The summed E-state index contributed by atoms with van der Waals surface area (Å²) in [6, 6.07) is 0.598. The molecule has 1 aliphatic heterocycles. The minimum atomic E-state index is 0.598. The lowest BCUT2D eigenvalue weighted by Crippen LogP contribution is -2.41. The number of guanidine groups is 1. The summed E-state index contributed by atoms with van der Waals surface area (Å²) in [5.41, 5.74) is 5.71. The highest BCUT2D eigenvalue weighted by Crippen LogP contribution is 2.10. The van der Waals surface area contributed by atoms with Crippen LogP contribution in [0.25, 0.3) is 0 Å². The second-order valence-electron chi connectivity index (χ2n) is 2.90. The molecule has 1 aliphatic rings. The van der Waals surface area contributed by atoms with Gasteiger partial charge in [0.25, 0.3) is 0 Å². The fraction of sp³-hybridized carbons (Fsp3) is 0.875. The van der Waals surface area contributed by atoms with Crippen molar-refractivity contribution in [2.45, 2.75) is 32.7 Å². The third-order valence-corrected chi connectivity index (χ3v) is 2.29. The van der Waals surface area contributed by atoms with Crippen molar-refractivity contribution in [3.63, 3.8) is 0 Å². The molecule has 0 fully saturated rings. The van der Waals surface area contributed by atoms with Crippen LogP contribution in [0.2, 0.25) is 0 Å². The molecular formula is C8H17N3. The number of rotatable bonds is 3. The molecule has 3 nitrogen and oxygen atoms in total. The molecule has 0 aromatic heterocycles. The first-order valence-corrected chi connectivity index (χ1v) is 4.36. The molecule has 0 unspecified atom stereocenters. The molecule has 0 saturated heterocycles. The minimum Gasteiger partial charge on any atom is -0.370 e. The van der Waals surface area contributed by atoms with Crippen LogP contribution in [-0.4, -0.2) is 30.0 Å². The summed E-state index contributed by atoms with van der Waals surface area (Å²) in [5.74, 6) is 0.735. The maximum atomic E-state index is 5.71. The average Bonchev–Trinajstić information content (AvgIpc) is 2.40. The number of hydrogen-bond donors (Lipinski definition) is 1. The van der Waals surface area contributed by atoms with Gasteiger partial charge in [-0.1, -0.05) is 13.8 Å². The quantitative estimate of drug-likeness (QED) is 0.655. The summed E-state index contributed by atoms with van der Waals surface area (Å²) in [6.45, 7) is 6.28. The summed E-state index contributed by atoms with van der Waals surface area (Å²) in [4.78, 5) is 6.36. The first kappa shape index (κ1) is 8.37. The van der Waals surface area contributed by atoms with E-state index in [1.165, 1.54) is 0 Å². The van der Waals surface area contributed by atoms with Gasteiger partial charge in [0.1, 0.15) is 0 Å². The number of aliphatic imine (C=N–C) groups is 1. The van der Waals surface area contributed by atoms with Crippen molar-refractivity contribution in [3.8, 4) is 0 Å². The first-order valence-electron chi connectivity index (χ1n) is 4.36. The maximum Gasteiger partial charge on any atom is 0.191 e. The van der Waals surface area contributed by atoms with Gasteiger partial charge < -0.3 is 10.6 Å². The Kier molecular flexibility index (Phi) is 2.74. The van der Waals surface area contributed by atoms with Gasteiger partial charge in [0.2, 0.25) is 0 Å². The Bertz CT molecular complexity index is 149. The molecule has 0 aromatic rings. The van der Waals surface area contributed by atoms with Crippen LogP contribution in [0.1, 0.15) is 26.7 Å². The highest BCUT2D eigenvalue weighted by molar-refractivity contribution is 5.79. The Morgan fingerprint density at radius 1 is 1.55 bits per heavy atom. The highest BCUT2D eigenvalue weighted by Gasteiger charge is 2.19. The van der Waals surface area contributed by atoms with E-state index in [9.17, 15) is 0 Å². The van der Waals surface area contributed by atoms with Gasteiger partial charge in [0, 0.05) is 12.6 Å². The summed E-state index contributed by atoms with van der Waals surface area (Å²) < 4.78 is 0. The molecule has 0 aromatic carbocycles. The van der Waals surface area contributed by atoms with E-state index < -0.39 is 0 Å². The van der Waals surface area contributed by atoms with Gasteiger partial charge in [-0.05, 0) is 12.8 Å². The van der Waals surface area contributed by atoms with Gasteiger partial charge in [-0.3, -0.25) is 4.99 Å². The molecule has 0 aliphatic carbocycles. The van der Waals surface area contributed by atoms with Crippen LogP contribution in [0, 0.1) is 0 Å². The summed E-state index contributed by atoms with van der Waals surface area (Å²) in [5, 5.41) is 0. The van der Waals surface area contributed by atoms with E-state index >= 15 is 0 Å². The third kappa shape index (κ3) is 1.64. The summed E-state index contributed by atoms with van der Waals surface area (Å²) in [6.07, 6.45) is 2.32. The number of nitrogens with zero attached hydrogens (tertiary/aromatic N) is 2. The third-order valence-electron chi connectivity index (χ3n) is 2.29. The molecule has 0 atom stereocenters. The van der Waals surface area contributed by atoms with Crippen molar-refractivity contribution in [3.05, 3.63) is 0 Å². The van der Waals surface area contributed by atoms with Crippen molar-refractivity contribution in [1.82, 2.24) is 4.90 Å². The minimum absolute atomic E-state index is 0.598. The molecule has 0 amide bonds. The zero-order chi connectivity index (χ0) is 8.27. The van der Waals surface area contributed by atoms with Gasteiger partial charge in [-0.25, -0.2) is 0 Å². The zero-order valence-electron chi connectivity index (χ0n) is 7.38. The largest absolute Gasteiger partial charge is 0.370 e. The summed E-state index contributed by atoms with van der Waals surface area (Å²) >= 11 is 0. The van der Waals surface area contributed by atoms with E-state index in [2.05, 4.69) is 23.7 Å². The molecule has 1 heterocycles. The van der Waals surface area contributed by atoms with Gasteiger partial charge >= 0.3 is 0 Å². The lowest BCUT2D eigenvalue weighted by atomic mass is 10.1. The second-order valence-corrected chi connectivity index (χ2v) is 2.90. The van der Waals surface area contributed by atoms with E-state index in [-0.39, 0.29) is 0 Å². The van der Waals surface area contributed by atoms with Gasteiger partial charge in [0.15, 0.2) is 5.96 Å². The SMILES string of the molecule is CCC(CC)N1CCN=C1N. The molecule has 2 N–H and O–H groups in total. The van der Waals surface area contributed by atoms with Crippen molar-refractivity contribution >= 4 is 5.96 Å². The Hall–Kier alpha value is -0.730. The van der Waals surface area contributed by atoms with Crippen LogP contribution >= 0.6 is 0 Å². The lowest BCUT2D eigenvalue weighted by molar-refractivity contribution is 0.315. The van der Waals surface area contributed by atoms with E-state index in [0.717, 1.165) is 31.9 Å². The Labute approximate surface area is 68.3 Å². The number of nitrogens with two attached hydrogens (primary N) is 1. The van der Waals surface area contributed by atoms with Crippen LogP contribution < -0.4 is 5.73 Å². The molecule has 64 valence electrons. The Morgan fingerprint density at radius 3 is 2.55 bits per heavy atom. The van der Waals surface area contributed by atoms with E-state index in [4.69, 9.17) is 5.73 Å². The Morgan fingerprint density at radius 2 is 2.18 bits per heavy atom. The molecule has 0 radical (unpaired) electrons. The molecule has 0 spiro atoms. The maximum absolute atomic E-state index is 5.71. The highest BCUT2D eigenvalue weighted by atomic mass is 15.3. The van der Waals surface area contributed by atoms with Crippen molar-refractivity contribution < 1.29 is 0 Å². The number of hydrogen-bond acceptors (Lipinski definition) is 3. The smallest absolute Gasteiger partial charge is 0.191 e. The van der Waals surface area contributed by atoms with Crippen molar-refractivity contribution in [2.75, 3.05) is 13.1 Å². The van der Waals surface area contributed by atoms with Crippen LogP contribution in [0.5, 0.6) is 0 Å². The first-order chi connectivity index (χ1) is 5.29. The van der Waals surface area contributed by atoms with Gasteiger partial charge in [0.05, 0.1) is 6.54 Å². The molecule has 0 saturated carbocycles. The fourth-order valence-electron chi connectivity index (χ4n) is 1.58. The van der Waals surface area contributed by atoms with Gasteiger partial charge in [-0.15, -0.1) is 0 Å². The second kappa shape index (κ2) is 3.60. The predicted octanol–water partition coefficient (Wildman–Crippen LogP) is 0.805. The Balaban J connectivity index is 2.51. The van der Waals surface area contributed by atoms with Crippen LogP contribution in [-0.2, 0) is 0 Å². The summed E-state index contributed by atoms with van der Waals surface area (Å²) in [7, 11) is 0. The molecule has 11 heavy (non-hydrogen) atoms. The predicted molar refractivity (Wildman–Crippen MR) is 47.6 cm³/mol. The average molecular weight is 155 g/mol. The normalized spacial score (nSPS) is 17.7. The standard InChI is InChI=1S/C8H17N3/c1-3-7(4-2)11-6-5-10-8(11)9/h7H,3-6H2,1-2H3,(H2,9,10). The van der Waals surface area contributed by atoms with Crippen LogP contribution in [0.3, 0.4) is 0 Å². The molecular weight excluding hydrogens is 138 g/mol. The van der Waals surface area contributed by atoms with Crippen LogP contribution in [0.15, 0.2) is 4.99 Å². The monoisotopic (exact) mass is 155 g/mol. The van der Waals surface area contributed by atoms with E-state index in [0.29, 0.717) is 6.04 Å². The van der Waals surface area contributed by atoms with Crippen molar-refractivity contribution in [1.29, 1.82) is 0 Å². The van der Waals surface area contributed by atoms with Crippen molar-refractivity contribution in [2.24, 2.45) is 10.7 Å². The van der Waals surface area contributed by atoms with E-state index in [1.807, 2.05) is 0 Å².